The molecule has 1 saturated carbocycles. The molecule has 0 aromatic heterocycles. The minimum Gasteiger partial charge on any atom is -0.0885 e. The minimum atomic E-state index is 1.09. The van der Waals surface area contributed by atoms with Crippen molar-refractivity contribution in [1.29, 1.82) is 0 Å². The molecule has 0 aliphatic heterocycles. The van der Waals surface area contributed by atoms with Gasteiger partial charge in [0.05, 0.1) is 0 Å². The smallest absolute Gasteiger partial charge is 0.0348 e. The molecule has 68 valence electrons. The lowest BCUT2D eigenvalue weighted by molar-refractivity contribution is 0.343. The molecule has 1 fully saturated rings. The summed E-state index contributed by atoms with van der Waals surface area (Å²) in [7, 11) is 0. The lowest BCUT2D eigenvalue weighted by Crippen LogP contribution is -2.06. The molecule has 0 bridgehead atoms. The molecular formula is C12H20. The molecule has 0 aromatic carbocycles. The van der Waals surface area contributed by atoms with Crippen molar-refractivity contribution < 1.29 is 0 Å². The first-order valence-corrected chi connectivity index (χ1v) is 5.62. The van der Waals surface area contributed by atoms with Crippen molar-refractivity contribution in [1.82, 2.24) is 0 Å². The first-order chi connectivity index (χ1) is 5.97. The molecule has 0 saturated heterocycles. The Labute approximate surface area is 76.1 Å². The van der Waals surface area contributed by atoms with E-state index >= 15 is 0 Å². The molecule has 2 rings (SSSR count). The van der Waals surface area contributed by atoms with Gasteiger partial charge in [0.15, 0.2) is 0 Å². The molecule has 2 unspecified atom stereocenters. The summed E-state index contributed by atoms with van der Waals surface area (Å²) in [6.07, 6.45) is 16.5. The van der Waals surface area contributed by atoms with Crippen LogP contribution in [0.1, 0.15) is 51.4 Å². The molecule has 0 radical (unpaired) electrons. The maximum absolute atomic E-state index is 2.40. The van der Waals surface area contributed by atoms with Crippen molar-refractivity contribution in [3.8, 4) is 0 Å². The van der Waals surface area contributed by atoms with Gasteiger partial charge in [0.1, 0.15) is 0 Å². The van der Waals surface area contributed by atoms with Crippen LogP contribution in [0.3, 0.4) is 0 Å². The van der Waals surface area contributed by atoms with Gasteiger partial charge in [-0.2, -0.15) is 0 Å². The van der Waals surface area contributed by atoms with Gasteiger partial charge in [-0.15, -0.1) is 0 Å². The third-order valence-corrected chi connectivity index (χ3v) is 3.63. The fourth-order valence-electron chi connectivity index (χ4n) is 2.92. The number of hydrogen-bond donors (Lipinski definition) is 0. The second-order valence-electron chi connectivity index (χ2n) is 4.43. The minimum absolute atomic E-state index is 1.09. The van der Waals surface area contributed by atoms with Crippen LogP contribution >= 0.6 is 0 Å². The highest BCUT2D eigenvalue weighted by atomic mass is 14.3. The van der Waals surface area contributed by atoms with Gasteiger partial charge in [-0.3, -0.25) is 0 Å². The summed E-state index contributed by atoms with van der Waals surface area (Å²) in [6.45, 7) is 0. The fourth-order valence-corrected chi connectivity index (χ4v) is 2.92. The van der Waals surface area contributed by atoms with E-state index in [9.17, 15) is 0 Å². The van der Waals surface area contributed by atoms with Crippen LogP contribution in [0.15, 0.2) is 12.2 Å². The van der Waals surface area contributed by atoms with Crippen LogP contribution in [0.5, 0.6) is 0 Å². The van der Waals surface area contributed by atoms with E-state index in [4.69, 9.17) is 0 Å². The largest absolute Gasteiger partial charge is 0.0885 e. The number of hydrogen-bond acceptors (Lipinski definition) is 0. The van der Waals surface area contributed by atoms with Gasteiger partial charge in [-0.1, -0.05) is 31.4 Å². The number of allylic oxidation sites excluding steroid dienone is 2. The average molecular weight is 164 g/mol. The van der Waals surface area contributed by atoms with Crippen molar-refractivity contribution in [2.45, 2.75) is 51.4 Å². The quantitative estimate of drug-likeness (QED) is 0.476. The Morgan fingerprint density at radius 3 is 2.25 bits per heavy atom. The Hall–Kier alpha value is -0.260. The molecule has 0 amide bonds. The molecule has 0 heteroatoms. The van der Waals surface area contributed by atoms with E-state index in [1.54, 1.807) is 0 Å². The molecule has 2 aliphatic carbocycles. The Morgan fingerprint density at radius 1 is 0.667 bits per heavy atom. The second kappa shape index (κ2) is 4.11. The standard InChI is InChI=1S/C12H20/c1-2-4-7-11-9-6-10-12(11)8-5-3-1/h1-2,11-12H,3-10H2/b2-1+. The summed E-state index contributed by atoms with van der Waals surface area (Å²) in [5.41, 5.74) is 0. The van der Waals surface area contributed by atoms with Crippen LogP contribution in [0, 0.1) is 11.8 Å². The van der Waals surface area contributed by atoms with E-state index in [1.807, 2.05) is 0 Å². The number of fused-ring (bicyclic) bond motifs is 1. The maximum Gasteiger partial charge on any atom is -0.0348 e. The summed E-state index contributed by atoms with van der Waals surface area (Å²) >= 11 is 0. The normalized spacial score (nSPS) is 39.3. The molecule has 2 aliphatic rings. The molecule has 12 heavy (non-hydrogen) atoms. The van der Waals surface area contributed by atoms with E-state index < -0.39 is 0 Å². The van der Waals surface area contributed by atoms with Crippen LogP contribution in [0.4, 0.5) is 0 Å². The third-order valence-electron chi connectivity index (χ3n) is 3.63. The van der Waals surface area contributed by atoms with Crippen LogP contribution in [0.2, 0.25) is 0 Å². The zero-order valence-electron chi connectivity index (χ0n) is 7.97. The Kier molecular flexibility index (Phi) is 2.86. The van der Waals surface area contributed by atoms with E-state index in [-0.39, 0.29) is 0 Å². The van der Waals surface area contributed by atoms with Gasteiger partial charge in [-0.05, 0) is 43.9 Å². The number of rotatable bonds is 0. The lowest BCUT2D eigenvalue weighted by atomic mass is 9.88. The monoisotopic (exact) mass is 164 g/mol. The SMILES string of the molecule is C1=C/CCC2CCCC2CCC/1. The van der Waals surface area contributed by atoms with Crippen LogP contribution in [-0.2, 0) is 0 Å². The highest BCUT2D eigenvalue weighted by Crippen LogP contribution is 2.38. The Balaban J connectivity index is 1.93. The fraction of sp³-hybridized carbons (Fsp3) is 0.833. The van der Waals surface area contributed by atoms with Gasteiger partial charge >= 0.3 is 0 Å². The first-order valence-electron chi connectivity index (χ1n) is 5.62. The first kappa shape index (κ1) is 8.34. The van der Waals surface area contributed by atoms with E-state index in [0.29, 0.717) is 0 Å². The Morgan fingerprint density at radius 2 is 1.33 bits per heavy atom. The van der Waals surface area contributed by atoms with E-state index in [2.05, 4.69) is 12.2 Å². The molecular weight excluding hydrogens is 144 g/mol. The third kappa shape index (κ3) is 1.91. The van der Waals surface area contributed by atoms with Crippen molar-refractivity contribution in [3.63, 3.8) is 0 Å². The van der Waals surface area contributed by atoms with Crippen LogP contribution in [0.25, 0.3) is 0 Å². The summed E-state index contributed by atoms with van der Waals surface area (Å²) in [5.74, 6) is 2.19. The predicted octanol–water partition coefficient (Wildman–Crippen LogP) is 3.92. The van der Waals surface area contributed by atoms with Crippen molar-refractivity contribution >= 4 is 0 Å². The highest BCUT2D eigenvalue weighted by molar-refractivity contribution is 4.87. The summed E-state index contributed by atoms with van der Waals surface area (Å²) < 4.78 is 0. The van der Waals surface area contributed by atoms with Crippen molar-refractivity contribution in [3.05, 3.63) is 12.2 Å². The molecule has 0 spiro atoms. The zero-order valence-corrected chi connectivity index (χ0v) is 7.97. The second-order valence-corrected chi connectivity index (χ2v) is 4.43. The van der Waals surface area contributed by atoms with Gasteiger partial charge in [0, 0.05) is 0 Å². The highest BCUT2D eigenvalue weighted by Gasteiger charge is 2.25. The van der Waals surface area contributed by atoms with Crippen molar-refractivity contribution in [2.24, 2.45) is 11.8 Å². The average Bonchev–Trinajstić information content (AvgIpc) is 2.50. The van der Waals surface area contributed by atoms with Gasteiger partial charge in [0.25, 0.3) is 0 Å². The van der Waals surface area contributed by atoms with Gasteiger partial charge in [-0.25, -0.2) is 0 Å². The molecule has 2 atom stereocenters. The summed E-state index contributed by atoms with van der Waals surface area (Å²) in [4.78, 5) is 0. The summed E-state index contributed by atoms with van der Waals surface area (Å²) in [6, 6.07) is 0. The van der Waals surface area contributed by atoms with E-state index in [1.165, 1.54) is 51.4 Å². The Bertz CT molecular complexity index is 157. The zero-order chi connectivity index (χ0) is 8.23. The lowest BCUT2D eigenvalue weighted by Gasteiger charge is -2.17. The molecule has 0 heterocycles. The molecule has 0 aromatic rings. The molecule has 0 nitrogen and oxygen atoms in total. The van der Waals surface area contributed by atoms with Crippen LogP contribution < -0.4 is 0 Å². The van der Waals surface area contributed by atoms with Crippen LogP contribution in [-0.4, -0.2) is 0 Å². The van der Waals surface area contributed by atoms with E-state index in [0.717, 1.165) is 11.8 Å². The topological polar surface area (TPSA) is 0 Å². The predicted molar refractivity (Wildman–Crippen MR) is 53.1 cm³/mol. The van der Waals surface area contributed by atoms with Crippen molar-refractivity contribution in [2.75, 3.05) is 0 Å². The van der Waals surface area contributed by atoms with Gasteiger partial charge in [0.2, 0.25) is 0 Å². The molecule has 0 N–H and O–H groups in total. The maximum atomic E-state index is 2.40. The summed E-state index contributed by atoms with van der Waals surface area (Å²) in [5, 5.41) is 0. The van der Waals surface area contributed by atoms with Gasteiger partial charge < -0.3 is 0 Å².